The lowest BCUT2D eigenvalue weighted by molar-refractivity contribution is 0.0533. The van der Waals surface area contributed by atoms with Crippen molar-refractivity contribution in [2.24, 2.45) is 11.7 Å². The zero-order valence-corrected chi connectivity index (χ0v) is 12.3. The predicted octanol–water partition coefficient (Wildman–Crippen LogP) is 2.71. The molecular formula is C12H17BrN2OS. The first kappa shape index (κ1) is 13.1. The number of thiophene rings is 1. The van der Waals surface area contributed by atoms with E-state index < -0.39 is 0 Å². The lowest BCUT2D eigenvalue weighted by atomic mass is 9.90. The Morgan fingerprint density at radius 3 is 3.06 bits per heavy atom. The second kappa shape index (κ2) is 5.50. The van der Waals surface area contributed by atoms with E-state index in [2.05, 4.69) is 22.9 Å². The topological polar surface area (TPSA) is 46.3 Å². The van der Waals surface area contributed by atoms with E-state index in [9.17, 15) is 4.79 Å². The van der Waals surface area contributed by atoms with E-state index in [-0.39, 0.29) is 11.9 Å². The second-order valence-corrected chi connectivity index (χ2v) is 6.85. The molecule has 0 spiro atoms. The highest BCUT2D eigenvalue weighted by molar-refractivity contribution is 9.11. The van der Waals surface area contributed by atoms with Gasteiger partial charge in [0.05, 0.1) is 9.35 Å². The third-order valence-corrected chi connectivity index (χ3v) is 4.94. The van der Waals surface area contributed by atoms with E-state index in [4.69, 9.17) is 5.73 Å². The molecule has 1 saturated heterocycles. The Morgan fingerprint density at radius 2 is 2.47 bits per heavy atom. The first-order valence-corrected chi connectivity index (χ1v) is 7.56. The van der Waals surface area contributed by atoms with Crippen molar-refractivity contribution >= 4 is 33.2 Å². The highest BCUT2D eigenvalue weighted by Crippen LogP contribution is 2.27. The number of piperidine rings is 1. The lowest BCUT2D eigenvalue weighted by Gasteiger charge is -2.39. The predicted molar refractivity (Wildman–Crippen MR) is 74.3 cm³/mol. The number of halogens is 1. The van der Waals surface area contributed by atoms with Gasteiger partial charge in [0.1, 0.15) is 0 Å². The number of hydrogen-bond acceptors (Lipinski definition) is 3. The molecule has 1 aliphatic rings. The molecule has 1 aromatic heterocycles. The van der Waals surface area contributed by atoms with Crippen LogP contribution in [0.5, 0.6) is 0 Å². The summed E-state index contributed by atoms with van der Waals surface area (Å²) in [6, 6.07) is 2.08. The van der Waals surface area contributed by atoms with Crippen molar-refractivity contribution < 1.29 is 4.79 Å². The molecule has 94 valence electrons. The van der Waals surface area contributed by atoms with Crippen molar-refractivity contribution in [1.29, 1.82) is 0 Å². The summed E-state index contributed by atoms with van der Waals surface area (Å²) in [5.41, 5.74) is 6.58. The van der Waals surface area contributed by atoms with Crippen LogP contribution in [0.25, 0.3) is 0 Å². The van der Waals surface area contributed by atoms with E-state index >= 15 is 0 Å². The molecule has 2 atom stereocenters. The quantitative estimate of drug-likeness (QED) is 0.911. The van der Waals surface area contributed by atoms with Gasteiger partial charge in [0, 0.05) is 24.5 Å². The van der Waals surface area contributed by atoms with Gasteiger partial charge in [0.15, 0.2) is 0 Å². The number of likely N-dealkylation sites (tertiary alicyclic amines) is 1. The number of rotatable bonds is 2. The second-order valence-electron chi connectivity index (χ2n) is 4.56. The van der Waals surface area contributed by atoms with Crippen molar-refractivity contribution in [1.82, 2.24) is 4.90 Å². The number of nitrogens with two attached hydrogens (primary N) is 1. The molecule has 0 saturated carbocycles. The van der Waals surface area contributed by atoms with Gasteiger partial charge in [0.25, 0.3) is 5.91 Å². The van der Waals surface area contributed by atoms with Crippen LogP contribution in [-0.4, -0.2) is 29.9 Å². The van der Waals surface area contributed by atoms with Gasteiger partial charge in [-0.1, -0.05) is 6.92 Å². The van der Waals surface area contributed by atoms with Crippen LogP contribution in [-0.2, 0) is 0 Å². The standard InChI is InChI=1S/C12H17BrN2OS/c1-8-3-2-4-15(10(8)6-14)12(16)9-5-11(13)17-7-9/h5,7-8,10H,2-4,6,14H2,1H3. The van der Waals surface area contributed by atoms with Crippen LogP contribution in [0.3, 0.4) is 0 Å². The Balaban J connectivity index is 2.17. The molecule has 17 heavy (non-hydrogen) atoms. The van der Waals surface area contributed by atoms with Gasteiger partial charge in [-0.3, -0.25) is 4.79 Å². The van der Waals surface area contributed by atoms with E-state index in [1.54, 1.807) is 11.3 Å². The maximum Gasteiger partial charge on any atom is 0.255 e. The summed E-state index contributed by atoms with van der Waals surface area (Å²) in [7, 11) is 0. The van der Waals surface area contributed by atoms with Crippen LogP contribution in [0.15, 0.2) is 15.2 Å². The maximum absolute atomic E-state index is 12.4. The summed E-state index contributed by atoms with van der Waals surface area (Å²) in [6.07, 6.45) is 2.24. The molecule has 5 heteroatoms. The largest absolute Gasteiger partial charge is 0.334 e. The number of nitrogens with zero attached hydrogens (tertiary/aromatic N) is 1. The van der Waals surface area contributed by atoms with Crippen LogP contribution in [0.1, 0.15) is 30.1 Å². The molecule has 2 rings (SSSR count). The van der Waals surface area contributed by atoms with E-state index in [0.29, 0.717) is 12.5 Å². The Hall–Kier alpha value is -0.390. The van der Waals surface area contributed by atoms with Crippen molar-refractivity contribution in [3.63, 3.8) is 0 Å². The molecule has 2 unspecified atom stereocenters. The molecule has 0 bridgehead atoms. The lowest BCUT2D eigenvalue weighted by Crippen LogP contribution is -2.51. The average Bonchev–Trinajstić information content (AvgIpc) is 2.74. The van der Waals surface area contributed by atoms with E-state index in [1.165, 1.54) is 6.42 Å². The van der Waals surface area contributed by atoms with Gasteiger partial charge in [0.2, 0.25) is 0 Å². The number of hydrogen-bond donors (Lipinski definition) is 1. The van der Waals surface area contributed by atoms with Crippen LogP contribution >= 0.6 is 27.3 Å². The Bertz CT molecular complexity index is 407. The zero-order chi connectivity index (χ0) is 12.4. The fraction of sp³-hybridized carbons (Fsp3) is 0.583. The van der Waals surface area contributed by atoms with E-state index in [1.807, 2.05) is 16.3 Å². The molecule has 1 aromatic rings. The summed E-state index contributed by atoms with van der Waals surface area (Å²) >= 11 is 4.94. The minimum atomic E-state index is 0.119. The molecular weight excluding hydrogens is 300 g/mol. The first-order chi connectivity index (χ1) is 8.13. The molecule has 1 fully saturated rings. The normalized spacial score (nSPS) is 25.0. The van der Waals surface area contributed by atoms with Crippen LogP contribution < -0.4 is 5.73 Å². The van der Waals surface area contributed by atoms with E-state index in [0.717, 1.165) is 22.3 Å². The molecule has 0 radical (unpaired) electrons. The van der Waals surface area contributed by atoms with Gasteiger partial charge in [-0.25, -0.2) is 0 Å². The van der Waals surface area contributed by atoms with Crippen molar-refractivity contribution in [2.75, 3.05) is 13.1 Å². The van der Waals surface area contributed by atoms with Gasteiger partial charge in [-0.2, -0.15) is 0 Å². The third-order valence-electron chi connectivity index (χ3n) is 3.43. The summed E-state index contributed by atoms with van der Waals surface area (Å²) in [5.74, 6) is 0.619. The van der Waals surface area contributed by atoms with Crippen LogP contribution in [0.4, 0.5) is 0 Å². The summed E-state index contributed by atoms with van der Waals surface area (Å²) < 4.78 is 0.996. The van der Waals surface area contributed by atoms with Crippen molar-refractivity contribution in [3.8, 4) is 0 Å². The SMILES string of the molecule is CC1CCCN(C(=O)c2csc(Br)c2)C1CN. The maximum atomic E-state index is 12.4. The Morgan fingerprint density at radius 1 is 1.71 bits per heavy atom. The summed E-state index contributed by atoms with van der Waals surface area (Å²) in [6.45, 7) is 3.57. The Labute approximate surface area is 114 Å². The average molecular weight is 317 g/mol. The minimum Gasteiger partial charge on any atom is -0.334 e. The molecule has 2 N–H and O–H groups in total. The molecule has 0 aromatic carbocycles. The number of carbonyl (C=O) groups excluding carboxylic acids is 1. The van der Waals surface area contributed by atoms with Crippen molar-refractivity contribution in [3.05, 3.63) is 20.8 Å². The smallest absolute Gasteiger partial charge is 0.255 e. The summed E-state index contributed by atoms with van der Waals surface area (Å²) in [4.78, 5) is 14.3. The summed E-state index contributed by atoms with van der Waals surface area (Å²) in [5, 5.41) is 1.90. The molecule has 2 heterocycles. The minimum absolute atomic E-state index is 0.119. The fourth-order valence-electron chi connectivity index (χ4n) is 2.45. The first-order valence-electron chi connectivity index (χ1n) is 5.88. The number of carbonyl (C=O) groups is 1. The monoisotopic (exact) mass is 316 g/mol. The van der Waals surface area contributed by atoms with Gasteiger partial charge in [-0.05, 0) is 40.8 Å². The van der Waals surface area contributed by atoms with Gasteiger partial charge >= 0.3 is 0 Å². The highest BCUT2D eigenvalue weighted by Gasteiger charge is 2.31. The highest BCUT2D eigenvalue weighted by atomic mass is 79.9. The molecule has 1 amide bonds. The molecule has 3 nitrogen and oxygen atoms in total. The third kappa shape index (κ3) is 2.72. The number of amides is 1. The van der Waals surface area contributed by atoms with Crippen LogP contribution in [0.2, 0.25) is 0 Å². The molecule has 1 aliphatic heterocycles. The molecule has 0 aliphatic carbocycles. The van der Waals surface area contributed by atoms with Crippen LogP contribution in [0, 0.1) is 5.92 Å². The van der Waals surface area contributed by atoms with Gasteiger partial charge in [-0.15, -0.1) is 11.3 Å². The van der Waals surface area contributed by atoms with Gasteiger partial charge < -0.3 is 10.6 Å². The fourth-order valence-corrected chi connectivity index (χ4v) is 3.58. The Kier molecular flexibility index (Phi) is 4.22. The zero-order valence-electron chi connectivity index (χ0n) is 9.86. The van der Waals surface area contributed by atoms with Crippen molar-refractivity contribution in [2.45, 2.75) is 25.8 Å².